The van der Waals surface area contributed by atoms with Crippen LogP contribution in [0.5, 0.6) is 5.75 Å². The molecule has 7 nitrogen and oxygen atoms in total. The summed E-state index contributed by atoms with van der Waals surface area (Å²) in [4.78, 5) is 35.8. The van der Waals surface area contributed by atoms with Gasteiger partial charge < -0.3 is 15.0 Å². The van der Waals surface area contributed by atoms with Crippen LogP contribution in [0.2, 0.25) is 0 Å². The van der Waals surface area contributed by atoms with Crippen molar-refractivity contribution in [3.05, 3.63) is 46.8 Å². The van der Waals surface area contributed by atoms with Crippen molar-refractivity contribution in [2.75, 3.05) is 32.6 Å². The molecule has 1 saturated heterocycles. The molecule has 148 valence electrons. The molecule has 1 N–H and O–H groups in total. The maximum atomic E-state index is 13.1. The summed E-state index contributed by atoms with van der Waals surface area (Å²) >= 11 is 0. The minimum atomic E-state index is -0.206. The van der Waals surface area contributed by atoms with Gasteiger partial charge in [0.15, 0.2) is 5.78 Å². The second kappa shape index (κ2) is 8.37. The molecular weight excluding hydrogens is 356 g/mol. The number of amides is 1. The predicted octanol–water partition coefficient (Wildman–Crippen LogP) is 2.88. The number of nitrogens with one attached hydrogen (secondary N) is 1. The molecule has 1 unspecified atom stereocenters. The third-order valence-corrected chi connectivity index (χ3v) is 5.15. The second-order valence-electron chi connectivity index (χ2n) is 7.14. The van der Waals surface area contributed by atoms with E-state index in [-0.39, 0.29) is 17.6 Å². The Balaban J connectivity index is 1.75. The third-order valence-electron chi connectivity index (χ3n) is 5.15. The zero-order valence-electron chi connectivity index (χ0n) is 16.8. The number of ether oxygens (including phenoxy) is 1. The minimum absolute atomic E-state index is 0.0770. The van der Waals surface area contributed by atoms with E-state index in [1.165, 1.54) is 12.4 Å². The number of aromatic nitrogens is 2. The van der Waals surface area contributed by atoms with Crippen molar-refractivity contribution in [2.45, 2.75) is 26.7 Å². The van der Waals surface area contributed by atoms with Crippen LogP contribution >= 0.6 is 0 Å². The number of carbonyl (C=O) groups excluding carboxylic acids is 2. The summed E-state index contributed by atoms with van der Waals surface area (Å²) in [5.41, 5.74) is 2.99. The second-order valence-corrected chi connectivity index (χ2v) is 7.14. The Labute approximate surface area is 165 Å². The van der Waals surface area contributed by atoms with Gasteiger partial charge >= 0.3 is 0 Å². The number of benzene rings is 1. The van der Waals surface area contributed by atoms with Gasteiger partial charge in [-0.1, -0.05) is 0 Å². The van der Waals surface area contributed by atoms with E-state index < -0.39 is 0 Å². The lowest BCUT2D eigenvalue weighted by atomic mass is 9.88. The topological polar surface area (TPSA) is 84.4 Å². The highest BCUT2D eigenvalue weighted by molar-refractivity contribution is 5.99. The van der Waals surface area contributed by atoms with E-state index in [9.17, 15) is 9.59 Å². The molecule has 0 saturated carbocycles. The highest BCUT2D eigenvalue weighted by Gasteiger charge is 2.30. The van der Waals surface area contributed by atoms with Gasteiger partial charge in [-0.05, 0) is 49.9 Å². The Morgan fingerprint density at radius 3 is 2.36 bits per heavy atom. The highest BCUT2D eigenvalue weighted by atomic mass is 16.5. The van der Waals surface area contributed by atoms with Gasteiger partial charge in [0.05, 0.1) is 12.7 Å². The summed E-state index contributed by atoms with van der Waals surface area (Å²) in [6.45, 7) is 4.93. The lowest BCUT2D eigenvalue weighted by Gasteiger charge is -2.32. The summed E-state index contributed by atoms with van der Waals surface area (Å²) in [5.74, 6) is 1.01. The number of ketones is 1. The molecule has 0 spiro atoms. The lowest BCUT2D eigenvalue weighted by Crippen LogP contribution is -2.42. The molecule has 3 rings (SSSR count). The maximum absolute atomic E-state index is 13.1. The first kappa shape index (κ1) is 19.8. The summed E-state index contributed by atoms with van der Waals surface area (Å²) < 4.78 is 5.39. The normalized spacial score (nSPS) is 16.6. The highest BCUT2D eigenvalue weighted by Crippen LogP contribution is 2.28. The van der Waals surface area contributed by atoms with Crippen LogP contribution in [0, 0.1) is 19.8 Å². The molecule has 1 aromatic carbocycles. The van der Waals surface area contributed by atoms with Crippen LogP contribution in [0.4, 0.5) is 5.95 Å². The average molecular weight is 382 g/mol. The zero-order valence-corrected chi connectivity index (χ0v) is 16.8. The van der Waals surface area contributed by atoms with Crippen molar-refractivity contribution < 1.29 is 14.3 Å². The van der Waals surface area contributed by atoms with Gasteiger partial charge in [-0.3, -0.25) is 9.59 Å². The van der Waals surface area contributed by atoms with Crippen LogP contribution in [-0.4, -0.2) is 53.8 Å². The van der Waals surface area contributed by atoms with E-state index >= 15 is 0 Å². The van der Waals surface area contributed by atoms with Crippen molar-refractivity contribution in [2.24, 2.45) is 5.92 Å². The van der Waals surface area contributed by atoms with Crippen molar-refractivity contribution in [1.82, 2.24) is 14.9 Å². The van der Waals surface area contributed by atoms with E-state index in [0.29, 0.717) is 30.2 Å². The molecule has 1 atom stereocenters. The number of Topliss-reactive ketones (excluding diaryl/α,β-unsaturated/α-hetero) is 1. The van der Waals surface area contributed by atoms with Gasteiger partial charge in [0.25, 0.3) is 5.91 Å². The number of hydrogen-bond acceptors (Lipinski definition) is 6. The first-order valence-electron chi connectivity index (χ1n) is 9.43. The van der Waals surface area contributed by atoms with Gasteiger partial charge in [0.1, 0.15) is 5.75 Å². The maximum Gasteiger partial charge on any atom is 0.257 e. The van der Waals surface area contributed by atoms with Crippen LogP contribution in [0.25, 0.3) is 0 Å². The Bertz CT molecular complexity index is 857. The van der Waals surface area contributed by atoms with E-state index in [4.69, 9.17) is 4.74 Å². The first-order valence-corrected chi connectivity index (χ1v) is 9.43. The van der Waals surface area contributed by atoms with E-state index in [1.54, 1.807) is 19.1 Å². The average Bonchev–Trinajstić information content (AvgIpc) is 2.72. The first-order chi connectivity index (χ1) is 13.4. The largest absolute Gasteiger partial charge is 0.496 e. The van der Waals surface area contributed by atoms with Gasteiger partial charge in [0.2, 0.25) is 5.95 Å². The number of rotatable bonds is 5. The van der Waals surface area contributed by atoms with Gasteiger partial charge in [-0.25, -0.2) is 9.97 Å². The van der Waals surface area contributed by atoms with Crippen LogP contribution in [0.1, 0.15) is 44.7 Å². The molecule has 2 aromatic rings. The molecule has 7 heteroatoms. The summed E-state index contributed by atoms with van der Waals surface area (Å²) in [6, 6.07) is 3.75. The molecule has 28 heavy (non-hydrogen) atoms. The fourth-order valence-electron chi connectivity index (χ4n) is 3.78. The van der Waals surface area contributed by atoms with E-state index in [0.717, 1.165) is 29.7 Å². The molecule has 1 aliphatic rings. The van der Waals surface area contributed by atoms with Crippen LogP contribution < -0.4 is 10.1 Å². The van der Waals surface area contributed by atoms with Crippen molar-refractivity contribution in [3.63, 3.8) is 0 Å². The van der Waals surface area contributed by atoms with Gasteiger partial charge in [0, 0.05) is 44.0 Å². The third kappa shape index (κ3) is 3.98. The zero-order chi connectivity index (χ0) is 20.3. The Morgan fingerprint density at radius 1 is 1.14 bits per heavy atom. The smallest absolute Gasteiger partial charge is 0.257 e. The quantitative estimate of drug-likeness (QED) is 0.801. The molecule has 0 bridgehead atoms. The number of nitrogens with zero attached hydrogens (tertiary/aromatic N) is 3. The molecule has 1 amide bonds. The summed E-state index contributed by atoms with van der Waals surface area (Å²) in [6.07, 6.45) is 4.61. The molecule has 1 fully saturated rings. The van der Waals surface area contributed by atoms with Crippen LogP contribution in [0.15, 0.2) is 24.5 Å². The molecule has 1 aromatic heterocycles. The van der Waals surface area contributed by atoms with Crippen molar-refractivity contribution >= 4 is 17.6 Å². The number of likely N-dealkylation sites (tertiary alicyclic amines) is 1. The number of hydrogen-bond donors (Lipinski definition) is 1. The number of piperidine rings is 1. The van der Waals surface area contributed by atoms with E-state index in [1.807, 2.05) is 26.0 Å². The molecule has 0 aliphatic carbocycles. The number of methoxy groups -OCH3 is 1. The lowest BCUT2D eigenvalue weighted by molar-refractivity contribution is 0.0636. The minimum Gasteiger partial charge on any atom is -0.496 e. The fraction of sp³-hybridized carbons (Fsp3) is 0.429. The van der Waals surface area contributed by atoms with E-state index in [2.05, 4.69) is 15.3 Å². The SMILES string of the molecule is CNc1ncc(C(=O)N2CCCC(C(=O)c3cc(C)c(OC)c(C)c3)C2)cn1. The van der Waals surface area contributed by atoms with Crippen molar-refractivity contribution in [1.29, 1.82) is 0 Å². The molecule has 1 aliphatic heterocycles. The Kier molecular flexibility index (Phi) is 5.92. The molecule has 0 radical (unpaired) electrons. The Hall–Kier alpha value is -2.96. The standard InChI is InChI=1S/C21H26N4O3/c1-13-8-16(9-14(2)19(13)28-4)18(26)15-6-5-7-25(12-15)20(27)17-10-23-21(22-3)24-11-17/h8-11,15H,5-7,12H2,1-4H3,(H,22,23,24). The van der Waals surface area contributed by atoms with Gasteiger partial charge in [-0.15, -0.1) is 0 Å². The predicted molar refractivity (Wildman–Crippen MR) is 107 cm³/mol. The fourth-order valence-corrected chi connectivity index (χ4v) is 3.78. The number of aryl methyl sites for hydroxylation is 2. The van der Waals surface area contributed by atoms with Gasteiger partial charge in [-0.2, -0.15) is 0 Å². The number of carbonyl (C=O) groups is 2. The summed E-state index contributed by atoms with van der Waals surface area (Å²) in [7, 11) is 3.36. The summed E-state index contributed by atoms with van der Waals surface area (Å²) in [5, 5.41) is 2.83. The number of anilines is 1. The Morgan fingerprint density at radius 2 is 1.79 bits per heavy atom. The monoisotopic (exact) mass is 382 g/mol. The van der Waals surface area contributed by atoms with Crippen molar-refractivity contribution in [3.8, 4) is 5.75 Å². The van der Waals surface area contributed by atoms with Crippen LogP contribution in [0.3, 0.4) is 0 Å². The van der Waals surface area contributed by atoms with Crippen LogP contribution in [-0.2, 0) is 0 Å². The molecular formula is C21H26N4O3. The molecule has 2 heterocycles.